The Balaban J connectivity index is 2.94. The first-order valence-corrected chi connectivity index (χ1v) is 4.51. The van der Waals surface area contributed by atoms with Crippen molar-refractivity contribution >= 4 is 0 Å². The fourth-order valence-corrected chi connectivity index (χ4v) is 0.850. The van der Waals surface area contributed by atoms with Gasteiger partial charge >= 0.3 is 0 Å². The van der Waals surface area contributed by atoms with Crippen molar-refractivity contribution in [2.24, 2.45) is 0 Å². The summed E-state index contributed by atoms with van der Waals surface area (Å²) < 4.78 is 0. The van der Waals surface area contributed by atoms with Crippen molar-refractivity contribution in [3.8, 4) is 0 Å². The number of aliphatic hydroxyl groups excluding tert-OH is 3. The highest BCUT2D eigenvalue weighted by Crippen LogP contribution is 2.09. The molecule has 1 heterocycles. The van der Waals surface area contributed by atoms with E-state index >= 15 is 0 Å². The van der Waals surface area contributed by atoms with Crippen LogP contribution in [0.25, 0.3) is 0 Å². The van der Waals surface area contributed by atoms with E-state index in [0.717, 1.165) is 6.08 Å². The van der Waals surface area contributed by atoms with Crippen LogP contribution in [0.2, 0.25) is 0 Å². The molecule has 0 saturated carbocycles. The van der Waals surface area contributed by atoms with Gasteiger partial charge in [-0.1, -0.05) is 18.2 Å². The summed E-state index contributed by atoms with van der Waals surface area (Å²) in [6, 6.07) is 0. The third-order valence-corrected chi connectivity index (χ3v) is 1.61. The van der Waals surface area contributed by atoms with Gasteiger partial charge in [0.25, 0.3) is 0 Å². The molecule has 16 heavy (non-hydrogen) atoms. The van der Waals surface area contributed by atoms with Crippen LogP contribution in [-0.4, -0.2) is 21.9 Å². The number of hydrogen-bond acceptors (Lipinski definition) is 5. The van der Waals surface area contributed by atoms with Crippen LogP contribution in [0.1, 0.15) is 0 Å². The fraction of sp³-hybridized carbons (Fsp3) is 0.0909. The monoisotopic (exact) mass is 224 g/mol. The summed E-state index contributed by atoms with van der Waals surface area (Å²) in [5, 5.41) is 28.0. The lowest BCUT2D eigenvalue weighted by molar-refractivity contribution is -0.238. The number of allylic oxidation sites excluding steroid dienone is 5. The summed E-state index contributed by atoms with van der Waals surface area (Å²) in [5.74, 6) is -1.53. The van der Waals surface area contributed by atoms with Crippen molar-refractivity contribution in [1.82, 2.24) is 0 Å². The predicted octanol–water partition coefficient (Wildman–Crippen LogP) is 2.34. The van der Waals surface area contributed by atoms with Crippen molar-refractivity contribution in [2.45, 2.75) is 0 Å². The Morgan fingerprint density at radius 3 is 2.69 bits per heavy atom. The third kappa shape index (κ3) is 3.93. The molecule has 3 N–H and O–H groups in total. The van der Waals surface area contributed by atoms with E-state index in [1.807, 2.05) is 0 Å². The highest BCUT2D eigenvalue weighted by molar-refractivity contribution is 5.30. The first-order chi connectivity index (χ1) is 7.72. The van der Waals surface area contributed by atoms with Gasteiger partial charge in [-0.3, -0.25) is 0 Å². The fourth-order valence-electron chi connectivity index (χ4n) is 0.850. The molecular weight excluding hydrogens is 212 g/mol. The number of hydrogen-bond donors (Lipinski definition) is 3. The molecule has 1 aliphatic rings. The zero-order valence-electron chi connectivity index (χ0n) is 8.41. The highest BCUT2D eigenvalue weighted by Gasteiger charge is 2.04. The quantitative estimate of drug-likeness (QED) is 0.550. The second-order valence-electron chi connectivity index (χ2n) is 2.78. The van der Waals surface area contributed by atoms with Crippen molar-refractivity contribution in [3.63, 3.8) is 0 Å². The average molecular weight is 224 g/mol. The Kier molecular flexibility index (Phi) is 4.75. The first kappa shape index (κ1) is 11.9. The lowest BCUT2D eigenvalue weighted by Gasteiger charge is -1.98. The molecular formula is C11H12O5. The Hall–Kier alpha value is -2.14. The van der Waals surface area contributed by atoms with Crippen LogP contribution in [0.15, 0.2) is 60.0 Å². The van der Waals surface area contributed by atoms with Gasteiger partial charge in [-0.2, -0.15) is 4.89 Å². The summed E-state index contributed by atoms with van der Waals surface area (Å²) in [7, 11) is 0. The largest absolute Gasteiger partial charge is 0.504 e. The maximum absolute atomic E-state index is 9.33. The van der Waals surface area contributed by atoms with Crippen molar-refractivity contribution in [1.29, 1.82) is 0 Å². The van der Waals surface area contributed by atoms with Gasteiger partial charge in [0.1, 0.15) is 12.9 Å². The van der Waals surface area contributed by atoms with E-state index in [0.29, 0.717) is 0 Å². The van der Waals surface area contributed by atoms with E-state index in [1.54, 1.807) is 12.2 Å². The average Bonchev–Trinajstić information content (AvgIpc) is 2.29. The SMILES string of the molecule is OC1=CC=COOCC=CC=CC(O)=C1O. The van der Waals surface area contributed by atoms with Gasteiger partial charge in [0.15, 0.2) is 17.3 Å². The van der Waals surface area contributed by atoms with Crippen molar-refractivity contribution < 1.29 is 25.1 Å². The van der Waals surface area contributed by atoms with Crippen LogP contribution in [0.5, 0.6) is 0 Å². The minimum absolute atomic E-state index is 0.237. The lowest BCUT2D eigenvalue weighted by Crippen LogP contribution is -1.92. The molecule has 0 spiro atoms. The molecule has 0 saturated heterocycles. The zero-order valence-corrected chi connectivity index (χ0v) is 8.41. The molecule has 0 aromatic heterocycles. The highest BCUT2D eigenvalue weighted by atomic mass is 17.2. The lowest BCUT2D eigenvalue weighted by atomic mass is 10.3. The summed E-state index contributed by atoms with van der Waals surface area (Å²) in [4.78, 5) is 9.26. The van der Waals surface area contributed by atoms with Gasteiger partial charge in [0, 0.05) is 0 Å². The van der Waals surface area contributed by atoms with E-state index in [1.165, 1.54) is 24.5 Å². The molecule has 0 aliphatic carbocycles. The molecule has 0 radical (unpaired) electrons. The van der Waals surface area contributed by atoms with Gasteiger partial charge in [0.2, 0.25) is 0 Å². The van der Waals surface area contributed by atoms with E-state index in [9.17, 15) is 15.3 Å². The molecule has 0 amide bonds. The van der Waals surface area contributed by atoms with E-state index < -0.39 is 17.3 Å². The van der Waals surface area contributed by atoms with E-state index in [-0.39, 0.29) is 6.61 Å². The minimum Gasteiger partial charge on any atom is -0.504 e. The summed E-state index contributed by atoms with van der Waals surface area (Å²) in [6.45, 7) is 0.237. The zero-order chi connectivity index (χ0) is 11.8. The van der Waals surface area contributed by atoms with Crippen molar-refractivity contribution in [3.05, 3.63) is 60.0 Å². The maximum Gasteiger partial charge on any atom is 0.200 e. The van der Waals surface area contributed by atoms with E-state index in [4.69, 9.17) is 0 Å². The normalized spacial score (nSPS) is 18.1. The molecule has 0 fully saturated rings. The number of aliphatic hydroxyl groups is 3. The van der Waals surface area contributed by atoms with Crippen LogP contribution in [0.3, 0.4) is 0 Å². The maximum atomic E-state index is 9.33. The molecule has 0 atom stereocenters. The van der Waals surface area contributed by atoms with Crippen LogP contribution in [0, 0.1) is 0 Å². The van der Waals surface area contributed by atoms with Crippen LogP contribution < -0.4 is 0 Å². The molecule has 5 heteroatoms. The molecule has 1 aliphatic heterocycles. The standard InChI is InChI=1S/C11H12O5/c12-9-5-2-1-3-7-15-16-8-4-6-10(13)11(9)14/h1-6,8,12-14H,7H2. The van der Waals surface area contributed by atoms with Gasteiger partial charge in [0.05, 0.1) is 0 Å². The Morgan fingerprint density at radius 2 is 1.88 bits per heavy atom. The summed E-state index contributed by atoms with van der Waals surface area (Å²) >= 11 is 0. The molecule has 86 valence electrons. The molecule has 0 unspecified atom stereocenters. The smallest absolute Gasteiger partial charge is 0.200 e. The van der Waals surface area contributed by atoms with Gasteiger partial charge in [-0.25, -0.2) is 0 Å². The van der Waals surface area contributed by atoms with E-state index in [2.05, 4.69) is 9.78 Å². The second-order valence-corrected chi connectivity index (χ2v) is 2.78. The summed E-state index contributed by atoms with van der Waals surface area (Å²) in [5.41, 5.74) is 0. The Bertz CT molecular complexity index is 374. The van der Waals surface area contributed by atoms with Crippen LogP contribution in [-0.2, 0) is 9.78 Å². The summed E-state index contributed by atoms with van der Waals surface area (Å²) in [6.07, 6.45) is 9.58. The van der Waals surface area contributed by atoms with Crippen molar-refractivity contribution in [2.75, 3.05) is 6.61 Å². The second kappa shape index (κ2) is 6.36. The third-order valence-electron chi connectivity index (χ3n) is 1.61. The Morgan fingerprint density at radius 1 is 1.06 bits per heavy atom. The van der Waals surface area contributed by atoms with Gasteiger partial charge < -0.3 is 20.2 Å². The minimum atomic E-state index is -0.616. The molecule has 0 aromatic carbocycles. The predicted molar refractivity (Wildman–Crippen MR) is 57.5 cm³/mol. The molecule has 5 nitrogen and oxygen atoms in total. The van der Waals surface area contributed by atoms with Crippen LogP contribution >= 0.6 is 0 Å². The van der Waals surface area contributed by atoms with Crippen LogP contribution in [0.4, 0.5) is 0 Å². The molecule has 0 bridgehead atoms. The van der Waals surface area contributed by atoms with Gasteiger partial charge in [-0.05, 0) is 18.2 Å². The number of rotatable bonds is 0. The molecule has 1 rings (SSSR count). The van der Waals surface area contributed by atoms with Gasteiger partial charge in [-0.15, -0.1) is 0 Å². The first-order valence-electron chi connectivity index (χ1n) is 4.51. The Labute approximate surface area is 92.5 Å². The molecule has 0 aromatic rings. The topological polar surface area (TPSA) is 79.2 Å².